The normalized spacial score (nSPS) is 16.8. The number of hydrogen-bond donors (Lipinski definition) is 0. The van der Waals surface area contributed by atoms with Crippen molar-refractivity contribution in [3.05, 3.63) is 134 Å². The molecule has 8 nitrogen and oxygen atoms in total. The zero-order valence-electron chi connectivity index (χ0n) is 26.5. The maximum absolute atomic E-state index is 15.1. The van der Waals surface area contributed by atoms with E-state index in [0.29, 0.717) is 40.1 Å². The summed E-state index contributed by atoms with van der Waals surface area (Å²) >= 11 is 0. The molecule has 3 heterocycles. The highest BCUT2D eigenvalue weighted by Crippen LogP contribution is 2.53. The van der Waals surface area contributed by atoms with Crippen LogP contribution in [-0.4, -0.2) is 37.5 Å². The summed E-state index contributed by atoms with van der Waals surface area (Å²) in [7, 11) is 3.14. The van der Waals surface area contributed by atoms with Crippen LogP contribution in [0.4, 0.5) is 5.69 Å². The average Bonchev–Trinajstić information content (AvgIpc) is 3.44. The minimum absolute atomic E-state index is 0.0738. The number of methoxy groups -OCH3 is 2. The van der Waals surface area contributed by atoms with Crippen LogP contribution in [0.25, 0.3) is 11.0 Å². The van der Waals surface area contributed by atoms with Gasteiger partial charge in [0.15, 0.2) is 22.5 Å². The Labute approximate surface area is 266 Å². The first-order chi connectivity index (χ1) is 22.2. The number of aryl methyl sites for hydroxylation is 3. The molecule has 232 valence electrons. The summed E-state index contributed by atoms with van der Waals surface area (Å²) < 4.78 is 17.2. The largest absolute Gasteiger partial charge is 0.493 e. The van der Waals surface area contributed by atoms with Crippen molar-refractivity contribution in [1.82, 2.24) is 4.90 Å². The quantitative estimate of drug-likeness (QED) is 0.216. The third kappa shape index (κ3) is 4.24. The predicted molar refractivity (Wildman–Crippen MR) is 176 cm³/mol. The Hall–Kier alpha value is -5.37. The standard InChI is InChI=1S/C38H34N2O6/c1-22-9-8-10-26(17-22)21-39-29-12-7-6-11-28(29)38(37(39)43)33-34(41)27-18-23(2)24(3)19-31(27)46-35(33)36(42)40(38)16-15-25-13-14-30(44-4)32(20-25)45-5/h6-14,17-20H,15-16,21H2,1-5H3. The molecule has 46 heavy (non-hydrogen) atoms. The second kappa shape index (κ2) is 10.9. The van der Waals surface area contributed by atoms with Crippen molar-refractivity contribution in [2.24, 2.45) is 0 Å². The van der Waals surface area contributed by atoms with Crippen LogP contribution in [0.5, 0.6) is 11.5 Å². The lowest BCUT2D eigenvalue weighted by atomic mass is 9.83. The number of amides is 2. The van der Waals surface area contributed by atoms with Gasteiger partial charge < -0.3 is 23.7 Å². The minimum Gasteiger partial charge on any atom is -0.493 e. The minimum atomic E-state index is -1.70. The molecule has 2 aliphatic rings. The molecule has 0 radical (unpaired) electrons. The number of ether oxygens (including phenoxy) is 2. The molecule has 1 unspecified atom stereocenters. The summed E-state index contributed by atoms with van der Waals surface area (Å²) in [6.07, 6.45) is 0.390. The van der Waals surface area contributed by atoms with Crippen molar-refractivity contribution >= 4 is 28.5 Å². The zero-order chi connectivity index (χ0) is 32.3. The SMILES string of the molecule is COc1ccc(CCN2C(=O)c3oc4cc(C)c(C)cc4c(=O)c3C23C(=O)N(Cc2cccc(C)c2)c2ccccc23)cc1OC. The number of benzene rings is 4. The molecule has 8 heteroatoms. The molecule has 0 N–H and O–H groups in total. The van der Waals surface area contributed by atoms with Gasteiger partial charge in [0, 0.05) is 12.1 Å². The highest BCUT2D eigenvalue weighted by Gasteiger charge is 2.64. The van der Waals surface area contributed by atoms with E-state index in [-0.39, 0.29) is 35.7 Å². The van der Waals surface area contributed by atoms with E-state index in [4.69, 9.17) is 13.9 Å². The molecule has 1 spiro atoms. The van der Waals surface area contributed by atoms with Gasteiger partial charge in [0.05, 0.1) is 37.4 Å². The molecule has 7 rings (SSSR count). The fourth-order valence-corrected chi connectivity index (χ4v) is 6.97. The fraction of sp³-hybridized carbons (Fsp3) is 0.237. The zero-order valence-corrected chi connectivity index (χ0v) is 26.5. The molecule has 0 fully saturated rings. The Morgan fingerprint density at radius 2 is 1.54 bits per heavy atom. The van der Waals surface area contributed by atoms with Gasteiger partial charge in [0.1, 0.15) is 5.58 Å². The van der Waals surface area contributed by atoms with Gasteiger partial charge in [0.2, 0.25) is 5.76 Å². The molecule has 1 aromatic heterocycles. The van der Waals surface area contributed by atoms with Gasteiger partial charge in [-0.15, -0.1) is 0 Å². The fourth-order valence-electron chi connectivity index (χ4n) is 6.97. The molecule has 4 aromatic carbocycles. The van der Waals surface area contributed by atoms with Crippen LogP contribution in [0.1, 0.15) is 49.5 Å². The Kier molecular flexibility index (Phi) is 6.96. The summed E-state index contributed by atoms with van der Waals surface area (Å²) in [5, 5.41) is 0.346. The summed E-state index contributed by atoms with van der Waals surface area (Å²) in [6.45, 7) is 6.29. The first-order valence-corrected chi connectivity index (χ1v) is 15.3. The van der Waals surface area contributed by atoms with Crippen LogP contribution in [0, 0.1) is 20.8 Å². The van der Waals surface area contributed by atoms with E-state index in [9.17, 15) is 9.59 Å². The molecule has 0 bridgehead atoms. The van der Waals surface area contributed by atoms with Crippen molar-refractivity contribution in [1.29, 1.82) is 0 Å². The number of carbonyl (C=O) groups is 2. The predicted octanol–water partition coefficient (Wildman–Crippen LogP) is 6.22. The summed E-state index contributed by atoms with van der Waals surface area (Å²) in [4.78, 5) is 47.4. The second-order valence-electron chi connectivity index (χ2n) is 12.1. The monoisotopic (exact) mass is 614 g/mol. The topological polar surface area (TPSA) is 89.3 Å². The van der Waals surface area contributed by atoms with E-state index in [0.717, 1.165) is 27.8 Å². The molecule has 2 aliphatic heterocycles. The Bertz CT molecular complexity index is 2130. The number of anilines is 1. The Morgan fingerprint density at radius 1 is 0.783 bits per heavy atom. The van der Waals surface area contributed by atoms with Crippen molar-refractivity contribution in [2.75, 3.05) is 25.7 Å². The number of nitrogens with zero attached hydrogens (tertiary/aromatic N) is 2. The third-order valence-corrected chi connectivity index (χ3v) is 9.35. The first kappa shape index (κ1) is 29.3. The number of para-hydroxylation sites is 1. The Balaban J connectivity index is 1.44. The van der Waals surface area contributed by atoms with Crippen molar-refractivity contribution in [3.63, 3.8) is 0 Å². The van der Waals surface area contributed by atoms with Crippen LogP contribution < -0.4 is 19.8 Å². The van der Waals surface area contributed by atoms with E-state index >= 15 is 4.79 Å². The highest BCUT2D eigenvalue weighted by atomic mass is 16.5. The van der Waals surface area contributed by atoms with E-state index in [1.54, 1.807) is 31.3 Å². The van der Waals surface area contributed by atoms with Gasteiger partial charge in [-0.2, -0.15) is 0 Å². The number of fused-ring (bicyclic) bond motifs is 5. The van der Waals surface area contributed by atoms with E-state index < -0.39 is 11.4 Å². The highest BCUT2D eigenvalue weighted by molar-refractivity contribution is 6.17. The second-order valence-corrected chi connectivity index (χ2v) is 12.1. The van der Waals surface area contributed by atoms with E-state index in [1.165, 1.54) is 4.90 Å². The number of rotatable bonds is 7. The summed E-state index contributed by atoms with van der Waals surface area (Å²) in [5.74, 6) is 0.212. The maximum Gasteiger partial charge on any atom is 0.291 e. The maximum atomic E-state index is 15.1. The van der Waals surface area contributed by atoms with Gasteiger partial charge in [-0.25, -0.2) is 0 Å². The number of hydrogen-bond acceptors (Lipinski definition) is 6. The van der Waals surface area contributed by atoms with Gasteiger partial charge in [-0.3, -0.25) is 14.4 Å². The van der Waals surface area contributed by atoms with Gasteiger partial charge >= 0.3 is 0 Å². The van der Waals surface area contributed by atoms with Crippen LogP contribution in [0.3, 0.4) is 0 Å². The van der Waals surface area contributed by atoms with Gasteiger partial charge in [0.25, 0.3) is 11.8 Å². The molecule has 0 aliphatic carbocycles. The smallest absolute Gasteiger partial charge is 0.291 e. The van der Waals surface area contributed by atoms with Crippen LogP contribution in [0.15, 0.2) is 88.1 Å². The molecule has 0 saturated carbocycles. The van der Waals surface area contributed by atoms with Gasteiger partial charge in [-0.1, -0.05) is 54.1 Å². The average molecular weight is 615 g/mol. The van der Waals surface area contributed by atoms with Crippen LogP contribution >= 0.6 is 0 Å². The van der Waals surface area contributed by atoms with E-state index in [1.807, 2.05) is 87.5 Å². The third-order valence-electron chi connectivity index (χ3n) is 9.35. The van der Waals surface area contributed by atoms with Crippen LogP contribution in [0.2, 0.25) is 0 Å². The van der Waals surface area contributed by atoms with Crippen molar-refractivity contribution in [3.8, 4) is 11.5 Å². The van der Waals surface area contributed by atoms with Crippen molar-refractivity contribution in [2.45, 2.75) is 39.3 Å². The lowest BCUT2D eigenvalue weighted by Crippen LogP contribution is -2.53. The summed E-state index contributed by atoms with van der Waals surface area (Å²) in [6, 6.07) is 24.6. The Morgan fingerprint density at radius 3 is 2.30 bits per heavy atom. The first-order valence-electron chi connectivity index (χ1n) is 15.3. The van der Waals surface area contributed by atoms with E-state index in [2.05, 4.69) is 0 Å². The molecule has 1 atom stereocenters. The van der Waals surface area contributed by atoms with Crippen molar-refractivity contribution < 1.29 is 23.5 Å². The molecule has 5 aromatic rings. The molecule has 2 amide bonds. The lowest BCUT2D eigenvalue weighted by Gasteiger charge is -2.34. The lowest BCUT2D eigenvalue weighted by molar-refractivity contribution is -0.126. The number of carbonyl (C=O) groups excluding carboxylic acids is 2. The molecule has 0 saturated heterocycles. The summed E-state index contributed by atoms with van der Waals surface area (Å²) in [5.41, 5.74) is 4.32. The van der Waals surface area contributed by atoms with Crippen LogP contribution in [-0.2, 0) is 23.3 Å². The van der Waals surface area contributed by atoms with Gasteiger partial charge in [-0.05, 0) is 79.8 Å². The molecular formula is C38H34N2O6. The molecular weight excluding hydrogens is 580 g/mol.